The first-order valence-corrected chi connectivity index (χ1v) is 5.90. The third-order valence-electron chi connectivity index (χ3n) is 2.71. The van der Waals surface area contributed by atoms with E-state index in [9.17, 15) is 0 Å². The van der Waals surface area contributed by atoms with E-state index in [0.29, 0.717) is 16.5 Å². The van der Waals surface area contributed by atoms with Gasteiger partial charge < -0.3 is 15.5 Å². The maximum atomic E-state index is 6.06. The molecule has 0 aliphatic rings. The number of benzene rings is 2. The smallest absolute Gasteiger partial charge is 0.146 e. The summed E-state index contributed by atoms with van der Waals surface area (Å²) in [5.74, 6) is 1.33. The molecule has 4 heteroatoms. The summed E-state index contributed by atoms with van der Waals surface area (Å²) in [6.45, 7) is 0. The summed E-state index contributed by atoms with van der Waals surface area (Å²) in [5, 5.41) is 1.65. The van der Waals surface area contributed by atoms with Crippen LogP contribution < -0.4 is 10.5 Å². The van der Waals surface area contributed by atoms with Gasteiger partial charge in [-0.1, -0.05) is 11.6 Å². The van der Waals surface area contributed by atoms with Crippen molar-refractivity contribution in [3.05, 3.63) is 53.7 Å². The lowest BCUT2D eigenvalue weighted by molar-refractivity contribution is 0.483. The second-order valence-corrected chi connectivity index (χ2v) is 4.43. The molecule has 18 heavy (non-hydrogen) atoms. The van der Waals surface area contributed by atoms with Crippen molar-refractivity contribution >= 4 is 28.2 Å². The van der Waals surface area contributed by atoms with E-state index in [0.717, 1.165) is 16.7 Å². The van der Waals surface area contributed by atoms with Gasteiger partial charge in [-0.2, -0.15) is 0 Å². The number of rotatable bonds is 2. The van der Waals surface area contributed by atoms with Crippen LogP contribution >= 0.6 is 11.6 Å². The van der Waals surface area contributed by atoms with E-state index in [2.05, 4.69) is 4.98 Å². The molecule has 3 nitrogen and oxygen atoms in total. The summed E-state index contributed by atoms with van der Waals surface area (Å²) >= 11 is 6.06. The molecule has 0 saturated heterocycles. The van der Waals surface area contributed by atoms with Gasteiger partial charge in [-0.25, -0.2) is 0 Å². The van der Waals surface area contributed by atoms with Gasteiger partial charge in [0.25, 0.3) is 0 Å². The molecule has 2 aromatic carbocycles. The molecule has 1 aromatic heterocycles. The Labute approximate surface area is 109 Å². The van der Waals surface area contributed by atoms with Gasteiger partial charge in [-0.15, -0.1) is 0 Å². The highest BCUT2D eigenvalue weighted by Gasteiger charge is 2.04. The van der Waals surface area contributed by atoms with Gasteiger partial charge in [-0.05, 0) is 41.8 Å². The van der Waals surface area contributed by atoms with Crippen molar-refractivity contribution in [1.29, 1.82) is 0 Å². The first-order valence-electron chi connectivity index (χ1n) is 5.52. The Morgan fingerprint density at radius 1 is 1.06 bits per heavy atom. The van der Waals surface area contributed by atoms with Crippen LogP contribution in [0.4, 0.5) is 5.69 Å². The van der Waals surface area contributed by atoms with Crippen molar-refractivity contribution < 1.29 is 4.74 Å². The zero-order valence-corrected chi connectivity index (χ0v) is 10.2. The molecule has 0 saturated carbocycles. The normalized spacial score (nSPS) is 10.7. The van der Waals surface area contributed by atoms with Gasteiger partial charge in [0.1, 0.15) is 11.5 Å². The summed E-state index contributed by atoms with van der Waals surface area (Å²) in [4.78, 5) is 3.14. The van der Waals surface area contributed by atoms with E-state index in [4.69, 9.17) is 22.1 Å². The minimum atomic E-state index is 0.501. The fourth-order valence-electron chi connectivity index (χ4n) is 1.82. The molecule has 0 fully saturated rings. The number of hydrogen-bond donors (Lipinski definition) is 2. The van der Waals surface area contributed by atoms with Crippen molar-refractivity contribution in [3.63, 3.8) is 0 Å². The number of halogens is 1. The standard InChI is InChI=1S/C14H11ClN2O/c15-12-7-10(16)2-4-14(12)18-11-3-1-9-5-6-17-13(9)8-11/h1-8,17H,16H2. The predicted molar refractivity (Wildman–Crippen MR) is 74.2 cm³/mol. The third-order valence-corrected chi connectivity index (χ3v) is 3.01. The average Bonchev–Trinajstić information content (AvgIpc) is 2.80. The second kappa shape index (κ2) is 4.27. The molecule has 0 bridgehead atoms. The van der Waals surface area contributed by atoms with Crippen molar-refractivity contribution in [2.24, 2.45) is 0 Å². The molecule has 3 aromatic rings. The number of nitrogens with one attached hydrogen (secondary N) is 1. The Bertz CT molecular complexity index is 706. The van der Waals surface area contributed by atoms with Crippen molar-refractivity contribution in [2.45, 2.75) is 0 Å². The molecular formula is C14H11ClN2O. The Kier molecular flexibility index (Phi) is 2.61. The van der Waals surface area contributed by atoms with Crippen LogP contribution in [0.5, 0.6) is 11.5 Å². The van der Waals surface area contributed by atoms with Crippen LogP contribution in [-0.4, -0.2) is 4.98 Å². The summed E-state index contributed by atoms with van der Waals surface area (Å²) in [6.07, 6.45) is 1.89. The van der Waals surface area contributed by atoms with Crippen LogP contribution in [0.1, 0.15) is 0 Å². The molecule has 0 radical (unpaired) electrons. The van der Waals surface area contributed by atoms with Gasteiger partial charge in [-0.3, -0.25) is 0 Å². The number of nitrogen functional groups attached to an aromatic ring is 1. The van der Waals surface area contributed by atoms with Crippen LogP contribution in [0.3, 0.4) is 0 Å². The highest BCUT2D eigenvalue weighted by atomic mass is 35.5. The lowest BCUT2D eigenvalue weighted by atomic mass is 10.2. The lowest BCUT2D eigenvalue weighted by Gasteiger charge is -2.08. The number of hydrogen-bond acceptors (Lipinski definition) is 2. The number of anilines is 1. The molecule has 3 rings (SSSR count). The van der Waals surface area contributed by atoms with E-state index < -0.39 is 0 Å². The number of ether oxygens (including phenoxy) is 1. The summed E-state index contributed by atoms with van der Waals surface area (Å²) in [6, 6.07) is 13.0. The number of H-pyrrole nitrogens is 1. The second-order valence-electron chi connectivity index (χ2n) is 4.02. The summed E-state index contributed by atoms with van der Waals surface area (Å²) in [5.41, 5.74) is 7.28. The van der Waals surface area contributed by atoms with Gasteiger partial charge in [0.05, 0.1) is 5.02 Å². The molecule has 0 unspecified atom stereocenters. The SMILES string of the molecule is Nc1ccc(Oc2ccc3cc[nH]c3c2)c(Cl)c1. The molecule has 3 N–H and O–H groups in total. The Morgan fingerprint density at radius 2 is 1.94 bits per heavy atom. The summed E-state index contributed by atoms with van der Waals surface area (Å²) < 4.78 is 5.73. The van der Waals surface area contributed by atoms with Crippen LogP contribution in [0.2, 0.25) is 5.02 Å². The van der Waals surface area contributed by atoms with E-state index in [1.54, 1.807) is 18.2 Å². The minimum absolute atomic E-state index is 0.501. The molecule has 1 heterocycles. The van der Waals surface area contributed by atoms with Crippen LogP contribution in [0.15, 0.2) is 48.7 Å². The van der Waals surface area contributed by atoms with E-state index in [-0.39, 0.29) is 0 Å². The van der Waals surface area contributed by atoms with Crippen molar-refractivity contribution in [2.75, 3.05) is 5.73 Å². The maximum Gasteiger partial charge on any atom is 0.146 e. The summed E-state index contributed by atoms with van der Waals surface area (Å²) in [7, 11) is 0. The molecule has 0 aliphatic carbocycles. The quantitative estimate of drug-likeness (QED) is 0.677. The minimum Gasteiger partial charge on any atom is -0.456 e. The third kappa shape index (κ3) is 2.00. The van der Waals surface area contributed by atoms with E-state index >= 15 is 0 Å². The molecule has 0 atom stereocenters. The Morgan fingerprint density at radius 3 is 2.78 bits per heavy atom. The van der Waals surface area contributed by atoms with Crippen molar-refractivity contribution in [1.82, 2.24) is 4.98 Å². The first-order chi connectivity index (χ1) is 8.72. The number of aromatic nitrogens is 1. The largest absolute Gasteiger partial charge is 0.456 e. The molecule has 0 spiro atoms. The molecule has 0 aliphatic heterocycles. The Hall–Kier alpha value is -2.13. The first kappa shape index (κ1) is 11.0. The number of fused-ring (bicyclic) bond motifs is 1. The maximum absolute atomic E-state index is 6.06. The number of nitrogens with two attached hydrogens (primary N) is 1. The van der Waals surface area contributed by atoms with E-state index in [1.807, 2.05) is 30.5 Å². The molecular weight excluding hydrogens is 248 g/mol. The molecule has 90 valence electrons. The Balaban J connectivity index is 1.95. The van der Waals surface area contributed by atoms with Gasteiger partial charge in [0.2, 0.25) is 0 Å². The highest BCUT2D eigenvalue weighted by molar-refractivity contribution is 6.32. The van der Waals surface area contributed by atoms with Gasteiger partial charge in [0, 0.05) is 23.5 Å². The zero-order valence-electron chi connectivity index (χ0n) is 9.48. The lowest BCUT2D eigenvalue weighted by Crippen LogP contribution is -1.88. The molecule has 0 amide bonds. The van der Waals surface area contributed by atoms with Crippen LogP contribution in [0.25, 0.3) is 10.9 Å². The average molecular weight is 259 g/mol. The fraction of sp³-hybridized carbons (Fsp3) is 0. The van der Waals surface area contributed by atoms with Crippen LogP contribution in [-0.2, 0) is 0 Å². The van der Waals surface area contributed by atoms with Crippen LogP contribution in [0, 0.1) is 0 Å². The topological polar surface area (TPSA) is 51.0 Å². The predicted octanol–water partition coefficient (Wildman–Crippen LogP) is 4.20. The van der Waals surface area contributed by atoms with E-state index in [1.165, 1.54) is 0 Å². The van der Waals surface area contributed by atoms with Crippen molar-refractivity contribution in [3.8, 4) is 11.5 Å². The van der Waals surface area contributed by atoms with Gasteiger partial charge >= 0.3 is 0 Å². The fourth-order valence-corrected chi connectivity index (χ4v) is 2.04. The highest BCUT2D eigenvalue weighted by Crippen LogP contribution is 2.31. The van der Waals surface area contributed by atoms with Gasteiger partial charge in [0.15, 0.2) is 0 Å². The zero-order chi connectivity index (χ0) is 12.5. The monoisotopic (exact) mass is 258 g/mol. The number of aromatic amines is 1.